The van der Waals surface area contributed by atoms with Crippen LogP contribution < -0.4 is 5.32 Å². The molecule has 19 heavy (non-hydrogen) atoms. The minimum atomic E-state index is 0.410. The summed E-state index contributed by atoms with van der Waals surface area (Å²) in [5, 5.41) is 3.06. The fraction of sp³-hybridized carbons (Fsp3) is 0.333. The maximum absolute atomic E-state index is 5.11. The highest BCUT2D eigenvalue weighted by atomic mass is 16.5. The number of anilines is 1. The molecule has 1 N–H and O–H groups in total. The van der Waals surface area contributed by atoms with E-state index in [1.807, 2.05) is 13.1 Å². The summed E-state index contributed by atoms with van der Waals surface area (Å²) >= 11 is 0. The van der Waals surface area contributed by atoms with E-state index in [4.69, 9.17) is 4.74 Å². The molecule has 1 aromatic heterocycles. The van der Waals surface area contributed by atoms with Gasteiger partial charge >= 0.3 is 0 Å². The van der Waals surface area contributed by atoms with Crippen LogP contribution >= 0.6 is 0 Å². The van der Waals surface area contributed by atoms with Crippen LogP contribution in [0.25, 0.3) is 11.3 Å². The van der Waals surface area contributed by atoms with Gasteiger partial charge in [0.1, 0.15) is 12.4 Å². The normalized spacial score (nSPS) is 10.5. The van der Waals surface area contributed by atoms with Crippen LogP contribution in [0.3, 0.4) is 0 Å². The first-order chi connectivity index (χ1) is 9.12. The SMILES string of the molecule is CNc1cc(-c2cc(C)cc(C)c2)nc(COC)n1. The number of aryl methyl sites for hydroxylation is 2. The summed E-state index contributed by atoms with van der Waals surface area (Å²) in [5.41, 5.74) is 4.48. The molecule has 0 radical (unpaired) electrons. The summed E-state index contributed by atoms with van der Waals surface area (Å²) in [5.74, 6) is 1.49. The zero-order chi connectivity index (χ0) is 13.8. The molecule has 0 aliphatic rings. The molecule has 2 rings (SSSR count). The van der Waals surface area contributed by atoms with Gasteiger partial charge in [0.05, 0.1) is 5.69 Å². The van der Waals surface area contributed by atoms with Gasteiger partial charge in [-0.15, -0.1) is 0 Å². The number of nitrogens with zero attached hydrogens (tertiary/aromatic N) is 2. The summed E-state index contributed by atoms with van der Waals surface area (Å²) < 4.78 is 5.11. The molecule has 0 fully saturated rings. The Hall–Kier alpha value is -1.94. The highest BCUT2D eigenvalue weighted by Crippen LogP contribution is 2.22. The zero-order valence-electron chi connectivity index (χ0n) is 11.8. The predicted molar refractivity (Wildman–Crippen MR) is 77.2 cm³/mol. The van der Waals surface area contributed by atoms with E-state index in [2.05, 4.69) is 47.3 Å². The molecule has 0 bridgehead atoms. The van der Waals surface area contributed by atoms with Crippen LogP contribution in [0, 0.1) is 13.8 Å². The number of ether oxygens (including phenoxy) is 1. The Morgan fingerprint density at radius 1 is 1.05 bits per heavy atom. The third-order valence-corrected chi connectivity index (χ3v) is 2.82. The van der Waals surface area contributed by atoms with Crippen molar-refractivity contribution in [1.29, 1.82) is 0 Å². The minimum Gasteiger partial charge on any atom is -0.377 e. The first-order valence-electron chi connectivity index (χ1n) is 6.25. The summed E-state index contributed by atoms with van der Waals surface area (Å²) in [6.07, 6.45) is 0. The van der Waals surface area contributed by atoms with Crippen molar-refractivity contribution in [2.24, 2.45) is 0 Å². The van der Waals surface area contributed by atoms with Gasteiger partial charge in [-0.25, -0.2) is 9.97 Å². The molecule has 0 aliphatic heterocycles. The van der Waals surface area contributed by atoms with Crippen LogP contribution in [0.5, 0.6) is 0 Å². The number of rotatable bonds is 4. The van der Waals surface area contributed by atoms with Crippen LogP contribution in [-0.2, 0) is 11.3 Å². The smallest absolute Gasteiger partial charge is 0.157 e. The van der Waals surface area contributed by atoms with Crippen molar-refractivity contribution in [2.45, 2.75) is 20.5 Å². The second-order valence-corrected chi connectivity index (χ2v) is 4.61. The van der Waals surface area contributed by atoms with E-state index < -0.39 is 0 Å². The summed E-state index contributed by atoms with van der Waals surface area (Å²) in [7, 11) is 3.50. The number of hydrogen-bond donors (Lipinski definition) is 1. The standard InChI is InChI=1S/C15H19N3O/c1-10-5-11(2)7-12(6-10)13-8-14(16-3)18-15(17-13)9-19-4/h5-8H,9H2,1-4H3,(H,16,17,18). The number of hydrogen-bond acceptors (Lipinski definition) is 4. The molecule has 1 aromatic carbocycles. The summed E-state index contributed by atoms with van der Waals surface area (Å²) in [4.78, 5) is 8.91. The molecule has 100 valence electrons. The second kappa shape index (κ2) is 5.80. The topological polar surface area (TPSA) is 47.0 Å². The fourth-order valence-corrected chi connectivity index (χ4v) is 2.09. The van der Waals surface area contributed by atoms with Crippen molar-refractivity contribution >= 4 is 5.82 Å². The maximum atomic E-state index is 5.11. The van der Waals surface area contributed by atoms with Gasteiger partial charge in [-0.05, 0) is 26.0 Å². The molecular weight excluding hydrogens is 238 g/mol. The van der Waals surface area contributed by atoms with Crippen molar-refractivity contribution < 1.29 is 4.74 Å². The van der Waals surface area contributed by atoms with Gasteiger partial charge < -0.3 is 10.1 Å². The van der Waals surface area contributed by atoms with Gasteiger partial charge in [0.2, 0.25) is 0 Å². The summed E-state index contributed by atoms with van der Waals surface area (Å²) in [6.45, 7) is 4.59. The second-order valence-electron chi connectivity index (χ2n) is 4.61. The molecule has 0 unspecified atom stereocenters. The van der Waals surface area contributed by atoms with Crippen LogP contribution in [0.2, 0.25) is 0 Å². The number of benzene rings is 1. The average molecular weight is 257 g/mol. The molecule has 0 saturated carbocycles. The van der Waals surface area contributed by atoms with Gasteiger partial charge in [0.25, 0.3) is 0 Å². The Balaban J connectivity index is 2.50. The molecule has 2 aromatic rings. The Labute approximate surface area is 113 Å². The van der Waals surface area contributed by atoms with Crippen molar-refractivity contribution in [3.63, 3.8) is 0 Å². The van der Waals surface area contributed by atoms with E-state index in [0.29, 0.717) is 12.4 Å². The van der Waals surface area contributed by atoms with Crippen molar-refractivity contribution in [3.05, 3.63) is 41.2 Å². The van der Waals surface area contributed by atoms with Crippen LogP contribution in [0.4, 0.5) is 5.82 Å². The fourth-order valence-electron chi connectivity index (χ4n) is 2.09. The molecule has 1 heterocycles. The Kier molecular flexibility index (Phi) is 4.12. The predicted octanol–water partition coefficient (Wildman–Crippen LogP) is 2.95. The molecule has 0 aliphatic carbocycles. The lowest BCUT2D eigenvalue weighted by atomic mass is 10.0. The van der Waals surface area contributed by atoms with Crippen molar-refractivity contribution in [3.8, 4) is 11.3 Å². The van der Waals surface area contributed by atoms with Crippen LogP contribution in [0.1, 0.15) is 17.0 Å². The molecule has 4 nitrogen and oxygen atoms in total. The van der Waals surface area contributed by atoms with E-state index in [0.717, 1.165) is 17.1 Å². The molecular formula is C15H19N3O. The zero-order valence-corrected chi connectivity index (χ0v) is 11.8. The molecule has 0 atom stereocenters. The molecule has 0 amide bonds. The highest BCUT2D eigenvalue weighted by Gasteiger charge is 2.07. The number of nitrogens with one attached hydrogen (secondary N) is 1. The van der Waals surface area contributed by atoms with Gasteiger partial charge in [-0.1, -0.05) is 17.2 Å². The third-order valence-electron chi connectivity index (χ3n) is 2.82. The van der Waals surface area contributed by atoms with Gasteiger partial charge in [-0.3, -0.25) is 0 Å². The van der Waals surface area contributed by atoms with Crippen LogP contribution in [0.15, 0.2) is 24.3 Å². The van der Waals surface area contributed by atoms with E-state index >= 15 is 0 Å². The first-order valence-corrected chi connectivity index (χ1v) is 6.25. The van der Waals surface area contributed by atoms with E-state index in [1.165, 1.54) is 11.1 Å². The molecule has 4 heteroatoms. The Bertz CT molecular complexity index is 561. The third kappa shape index (κ3) is 3.29. The largest absolute Gasteiger partial charge is 0.377 e. The molecule has 0 saturated heterocycles. The quantitative estimate of drug-likeness (QED) is 0.914. The average Bonchev–Trinajstić information content (AvgIpc) is 2.37. The Morgan fingerprint density at radius 2 is 1.74 bits per heavy atom. The van der Waals surface area contributed by atoms with Gasteiger partial charge in [0.15, 0.2) is 5.82 Å². The summed E-state index contributed by atoms with van der Waals surface area (Å²) in [6, 6.07) is 8.36. The monoisotopic (exact) mass is 257 g/mol. The highest BCUT2D eigenvalue weighted by molar-refractivity contribution is 5.64. The number of aromatic nitrogens is 2. The molecule has 0 spiro atoms. The van der Waals surface area contributed by atoms with Gasteiger partial charge in [0, 0.05) is 25.8 Å². The Morgan fingerprint density at radius 3 is 2.32 bits per heavy atom. The lowest BCUT2D eigenvalue weighted by Gasteiger charge is -2.09. The first kappa shape index (κ1) is 13.5. The van der Waals surface area contributed by atoms with Crippen LogP contribution in [-0.4, -0.2) is 24.1 Å². The number of methoxy groups -OCH3 is 1. The van der Waals surface area contributed by atoms with E-state index in [1.54, 1.807) is 7.11 Å². The lowest BCUT2D eigenvalue weighted by Crippen LogP contribution is -2.03. The van der Waals surface area contributed by atoms with Crippen molar-refractivity contribution in [1.82, 2.24) is 9.97 Å². The minimum absolute atomic E-state index is 0.410. The van der Waals surface area contributed by atoms with E-state index in [-0.39, 0.29) is 0 Å². The van der Waals surface area contributed by atoms with Gasteiger partial charge in [-0.2, -0.15) is 0 Å². The van der Waals surface area contributed by atoms with Crippen molar-refractivity contribution in [2.75, 3.05) is 19.5 Å². The maximum Gasteiger partial charge on any atom is 0.157 e. The lowest BCUT2D eigenvalue weighted by molar-refractivity contribution is 0.178. The van der Waals surface area contributed by atoms with E-state index in [9.17, 15) is 0 Å².